The third kappa shape index (κ3) is 2.00. The van der Waals surface area contributed by atoms with Gasteiger partial charge in [0.05, 0.1) is 18.5 Å². The normalized spacial score (nSPS) is 14.7. The second-order valence-electron chi connectivity index (χ2n) is 3.81. The summed E-state index contributed by atoms with van der Waals surface area (Å²) in [5.41, 5.74) is 8.26. The summed E-state index contributed by atoms with van der Waals surface area (Å²) in [7, 11) is 1.41. The summed E-state index contributed by atoms with van der Waals surface area (Å²) < 4.78 is 4.68. The van der Waals surface area contributed by atoms with Gasteiger partial charge in [-0.3, -0.25) is 4.79 Å². The number of nitrogens with two attached hydrogens (primary N) is 1. The number of methoxy groups -OCH3 is 1. The van der Waals surface area contributed by atoms with E-state index in [1.807, 2.05) is 0 Å². The van der Waals surface area contributed by atoms with Crippen molar-refractivity contribution in [3.8, 4) is 0 Å². The zero-order valence-corrected chi connectivity index (χ0v) is 9.65. The number of esters is 1. The molecule has 15 heavy (non-hydrogen) atoms. The van der Waals surface area contributed by atoms with E-state index in [-0.39, 0.29) is 5.97 Å². The molecule has 0 radical (unpaired) electrons. The lowest BCUT2D eigenvalue weighted by molar-refractivity contribution is -0.139. The molecule has 0 spiro atoms. The number of rotatable bonds is 2. The first kappa shape index (κ1) is 10.5. The third-order valence-electron chi connectivity index (χ3n) is 2.86. The molecule has 0 amide bonds. The van der Waals surface area contributed by atoms with E-state index in [4.69, 9.17) is 5.73 Å². The first-order chi connectivity index (χ1) is 7.22. The lowest BCUT2D eigenvalue weighted by Gasteiger charge is -2.12. The number of hydrogen-bond donors (Lipinski definition) is 1. The number of ether oxygens (including phenoxy) is 1. The number of carbonyl (C=O) groups excluding carboxylic acids is 1. The topological polar surface area (TPSA) is 52.3 Å². The van der Waals surface area contributed by atoms with Gasteiger partial charge >= 0.3 is 5.97 Å². The highest BCUT2D eigenvalue weighted by Crippen LogP contribution is 2.36. The highest BCUT2D eigenvalue weighted by atomic mass is 32.1. The minimum atomic E-state index is -0.201. The zero-order valence-electron chi connectivity index (χ0n) is 8.84. The average Bonchev–Trinajstić information content (AvgIpc) is 2.55. The number of carbonyl (C=O) groups is 1. The van der Waals surface area contributed by atoms with E-state index in [2.05, 4.69) is 4.74 Å². The van der Waals surface area contributed by atoms with Gasteiger partial charge in [-0.15, -0.1) is 11.3 Å². The summed E-state index contributed by atoms with van der Waals surface area (Å²) in [6, 6.07) is 0. The molecule has 0 saturated carbocycles. The van der Waals surface area contributed by atoms with E-state index in [1.54, 1.807) is 11.3 Å². The molecule has 0 atom stereocenters. The fourth-order valence-electron chi connectivity index (χ4n) is 2.06. The van der Waals surface area contributed by atoms with Gasteiger partial charge in [0.15, 0.2) is 0 Å². The van der Waals surface area contributed by atoms with E-state index >= 15 is 0 Å². The van der Waals surface area contributed by atoms with Crippen LogP contribution in [0, 0.1) is 0 Å². The zero-order chi connectivity index (χ0) is 10.8. The summed E-state index contributed by atoms with van der Waals surface area (Å²) in [5.74, 6) is -0.201. The number of nitrogen functional groups attached to an aromatic ring is 1. The predicted octanol–water partition coefficient (Wildman–Crippen LogP) is 1.92. The van der Waals surface area contributed by atoms with Crippen molar-refractivity contribution in [3.05, 3.63) is 16.0 Å². The highest BCUT2D eigenvalue weighted by Gasteiger charge is 2.20. The Morgan fingerprint density at radius 2 is 2.20 bits per heavy atom. The SMILES string of the molecule is COC(=O)Cc1c(N)sc2c1CCCC2. The highest BCUT2D eigenvalue weighted by molar-refractivity contribution is 7.16. The van der Waals surface area contributed by atoms with Gasteiger partial charge in [0.25, 0.3) is 0 Å². The van der Waals surface area contributed by atoms with Crippen molar-refractivity contribution < 1.29 is 9.53 Å². The summed E-state index contributed by atoms with van der Waals surface area (Å²) in [4.78, 5) is 12.6. The van der Waals surface area contributed by atoms with Gasteiger partial charge in [-0.05, 0) is 31.2 Å². The Balaban J connectivity index is 2.29. The van der Waals surface area contributed by atoms with Crippen LogP contribution in [0.15, 0.2) is 0 Å². The lowest BCUT2D eigenvalue weighted by Crippen LogP contribution is -2.09. The monoisotopic (exact) mass is 225 g/mol. The molecular weight excluding hydrogens is 210 g/mol. The van der Waals surface area contributed by atoms with Crippen LogP contribution in [0.2, 0.25) is 0 Å². The number of fused-ring (bicyclic) bond motifs is 1. The molecular formula is C11H15NO2S. The standard InChI is InChI=1S/C11H15NO2S/c1-14-10(13)6-8-7-4-2-3-5-9(7)15-11(8)12/h2-6,12H2,1H3. The Morgan fingerprint density at radius 1 is 1.47 bits per heavy atom. The van der Waals surface area contributed by atoms with Crippen LogP contribution < -0.4 is 5.73 Å². The first-order valence-electron chi connectivity index (χ1n) is 5.18. The van der Waals surface area contributed by atoms with Crippen LogP contribution in [0.25, 0.3) is 0 Å². The maximum Gasteiger partial charge on any atom is 0.310 e. The Kier molecular flexibility index (Phi) is 2.95. The van der Waals surface area contributed by atoms with E-state index in [1.165, 1.54) is 30.4 Å². The molecule has 0 unspecified atom stereocenters. The van der Waals surface area contributed by atoms with Gasteiger partial charge in [-0.25, -0.2) is 0 Å². The van der Waals surface area contributed by atoms with Crippen molar-refractivity contribution in [2.75, 3.05) is 12.8 Å². The van der Waals surface area contributed by atoms with Gasteiger partial charge in [0.2, 0.25) is 0 Å². The summed E-state index contributed by atoms with van der Waals surface area (Å²) >= 11 is 1.64. The van der Waals surface area contributed by atoms with Gasteiger partial charge in [0.1, 0.15) is 0 Å². The molecule has 0 aromatic carbocycles. The second-order valence-corrected chi connectivity index (χ2v) is 4.94. The van der Waals surface area contributed by atoms with Gasteiger partial charge < -0.3 is 10.5 Å². The van der Waals surface area contributed by atoms with Crippen molar-refractivity contribution in [2.45, 2.75) is 32.1 Å². The molecule has 2 N–H and O–H groups in total. The van der Waals surface area contributed by atoms with Gasteiger partial charge in [0, 0.05) is 10.4 Å². The molecule has 2 rings (SSSR count). The summed E-state index contributed by atoms with van der Waals surface area (Å²) in [5, 5.41) is 0.798. The van der Waals surface area contributed by atoms with E-state index < -0.39 is 0 Å². The van der Waals surface area contributed by atoms with Crippen LogP contribution >= 0.6 is 11.3 Å². The number of aryl methyl sites for hydroxylation is 1. The number of hydrogen-bond acceptors (Lipinski definition) is 4. The molecule has 4 heteroatoms. The van der Waals surface area contributed by atoms with Crippen LogP contribution in [0.1, 0.15) is 28.8 Å². The fraction of sp³-hybridized carbons (Fsp3) is 0.545. The molecule has 82 valence electrons. The molecule has 1 aromatic rings. The molecule has 0 fully saturated rings. The third-order valence-corrected chi connectivity index (χ3v) is 4.02. The van der Waals surface area contributed by atoms with Crippen LogP contribution in [0.4, 0.5) is 5.00 Å². The Hall–Kier alpha value is -1.03. The molecule has 0 bridgehead atoms. The maximum absolute atomic E-state index is 11.2. The molecule has 0 saturated heterocycles. The Labute approximate surface area is 93.2 Å². The summed E-state index contributed by atoms with van der Waals surface area (Å²) in [6.07, 6.45) is 4.96. The fourth-order valence-corrected chi connectivity index (χ4v) is 3.24. The van der Waals surface area contributed by atoms with E-state index in [9.17, 15) is 4.79 Å². The largest absolute Gasteiger partial charge is 0.469 e. The van der Waals surface area contributed by atoms with Gasteiger partial charge in [-0.2, -0.15) is 0 Å². The second kappa shape index (κ2) is 4.23. The first-order valence-corrected chi connectivity index (χ1v) is 5.99. The molecule has 1 aliphatic carbocycles. The predicted molar refractivity (Wildman–Crippen MR) is 61.1 cm³/mol. The van der Waals surface area contributed by atoms with Crippen molar-refractivity contribution in [2.24, 2.45) is 0 Å². The number of thiophene rings is 1. The minimum Gasteiger partial charge on any atom is -0.469 e. The van der Waals surface area contributed by atoms with Gasteiger partial charge in [-0.1, -0.05) is 0 Å². The smallest absolute Gasteiger partial charge is 0.310 e. The quantitative estimate of drug-likeness (QED) is 0.782. The molecule has 3 nitrogen and oxygen atoms in total. The Bertz CT molecular complexity index is 384. The number of anilines is 1. The summed E-state index contributed by atoms with van der Waals surface area (Å²) in [6.45, 7) is 0. The lowest BCUT2D eigenvalue weighted by atomic mass is 9.94. The molecule has 0 aliphatic heterocycles. The maximum atomic E-state index is 11.2. The van der Waals surface area contributed by atoms with Crippen LogP contribution in [0.3, 0.4) is 0 Å². The van der Waals surface area contributed by atoms with Crippen LogP contribution in [-0.2, 0) is 28.8 Å². The Morgan fingerprint density at radius 3 is 2.93 bits per heavy atom. The van der Waals surface area contributed by atoms with Crippen molar-refractivity contribution in [1.29, 1.82) is 0 Å². The average molecular weight is 225 g/mol. The van der Waals surface area contributed by atoms with Crippen LogP contribution in [0.5, 0.6) is 0 Å². The molecule has 1 aromatic heterocycles. The van der Waals surface area contributed by atoms with Crippen molar-refractivity contribution >= 4 is 22.3 Å². The van der Waals surface area contributed by atoms with Crippen molar-refractivity contribution in [1.82, 2.24) is 0 Å². The van der Waals surface area contributed by atoms with Crippen molar-refractivity contribution in [3.63, 3.8) is 0 Å². The van der Waals surface area contributed by atoms with Crippen LogP contribution in [-0.4, -0.2) is 13.1 Å². The van der Waals surface area contributed by atoms with E-state index in [0.29, 0.717) is 6.42 Å². The molecule has 1 heterocycles. The molecule has 1 aliphatic rings. The minimum absolute atomic E-state index is 0.201. The van der Waals surface area contributed by atoms with E-state index in [0.717, 1.165) is 23.4 Å².